The Morgan fingerprint density at radius 3 is 2.21 bits per heavy atom. The van der Waals surface area contributed by atoms with Gasteiger partial charge in [-0.3, -0.25) is 14.6 Å². The molecule has 6 nitrogen and oxygen atoms in total. The van der Waals surface area contributed by atoms with Crippen LogP contribution in [-0.4, -0.2) is 56.1 Å². The highest BCUT2D eigenvalue weighted by Gasteiger charge is 2.30. The minimum absolute atomic E-state index is 0.0296. The lowest BCUT2D eigenvalue weighted by Crippen LogP contribution is -2.49. The average molecular weight is 446 g/mol. The molecule has 172 valence electrons. The highest BCUT2D eigenvalue weighted by atomic mass is 16.5. The van der Waals surface area contributed by atoms with Crippen LogP contribution in [-0.2, 0) is 11.3 Å². The Morgan fingerprint density at radius 2 is 1.55 bits per heavy atom. The van der Waals surface area contributed by atoms with Crippen LogP contribution < -0.4 is 14.8 Å². The quantitative estimate of drug-likeness (QED) is 0.563. The number of methoxy groups -OCH3 is 2. The molecule has 3 aromatic rings. The Balaban J connectivity index is 1.43. The number of hydrogen-bond acceptors (Lipinski definition) is 5. The second-order valence-electron chi connectivity index (χ2n) is 8.19. The molecule has 0 saturated carbocycles. The molecule has 0 aromatic heterocycles. The van der Waals surface area contributed by atoms with E-state index >= 15 is 0 Å². The molecule has 4 rings (SSSR count). The van der Waals surface area contributed by atoms with E-state index in [-0.39, 0.29) is 11.9 Å². The zero-order valence-corrected chi connectivity index (χ0v) is 19.2. The van der Waals surface area contributed by atoms with Gasteiger partial charge in [0.05, 0.1) is 14.2 Å². The predicted molar refractivity (Wildman–Crippen MR) is 131 cm³/mol. The fraction of sp³-hybridized carbons (Fsp3) is 0.296. The van der Waals surface area contributed by atoms with Crippen LogP contribution in [0.25, 0.3) is 0 Å². The smallest absolute Gasteiger partial charge is 0.246 e. The highest BCUT2D eigenvalue weighted by Crippen LogP contribution is 2.26. The molecule has 1 saturated heterocycles. The fourth-order valence-electron chi connectivity index (χ4n) is 4.24. The number of hydrogen-bond donors (Lipinski definition) is 1. The maximum Gasteiger partial charge on any atom is 0.246 e. The summed E-state index contributed by atoms with van der Waals surface area (Å²) in [5.41, 5.74) is 3.00. The van der Waals surface area contributed by atoms with Gasteiger partial charge >= 0.3 is 0 Å². The van der Waals surface area contributed by atoms with Crippen molar-refractivity contribution in [1.82, 2.24) is 9.80 Å². The number of anilines is 1. The lowest BCUT2D eigenvalue weighted by Gasteiger charge is -2.38. The number of nitrogens with one attached hydrogen (secondary N) is 1. The van der Waals surface area contributed by atoms with Crippen molar-refractivity contribution in [2.45, 2.75) is 12.6 Å². The van der Waals surface area contributed by atoms with E-state index in [1.165, 1.54) is 5.56 Å². The number of amides is 1. The van der Waals surface area contributed by atoms with Gasteiger partial charge in [0.15, 0.2) is 0 Å². The first-order chi connectivity index (χ1) is 16.2. The third-order valence-electron chi connectivity index (χ3n) is 6.04. The summed E-state index contributed by atoms with van der Waals surface area (Å²) >= 11 is 0. The summed E-state index contributed by atoms with van der Waals surface area (Å²) in [6.45, 7) is 4.34. The topological polar surface area (TPSA) is 54.0 Å². The Hall–Kier alpha value is -3.35. The van der Waals surface area contributed by atoms with E-state index in [9.17, 15) is 4.79 Å². The SMILES string of the molecule is COc1ccc(CN2CCN([C@H](C(=O)Nc3cccc(OC)c3)c3ccccc3)CC2)cc1. The summed E-state index contributed by atoms with van der Waals surface area (Å²) < 4.78 is 10.6. The molecule has 1 fully saturated rings. The minimum Gasteiger partial charge on any atom is -0.497 e. The molecule has 0 aliphatic carbocycles. The molecule has 1 aliphatic rings. The van der Waals surface area contributed by atoms with Gasteiger partial charge in [0.2, 0.25) is 5.91 Å². The van der Waals surface area contributed by atoms with Crippen LogP contribution in [0.4, 0.5) is 5.69 Å². The number of ether oxygens (including phenoxy) is 2. The van der Waals surface area contributed by atoms with Gasteiger partial charge in [-0.05, 0) is 35.4 Å². The van der Waals surface area contributed by atoms with Crippen molar-refractivity contribution >= 4 is 11.6 Å². The van der Waals surface area contributed by atoms with Crippen molar-refractivity contribution in [1.29, 1.82) is 0 Å². The van der Waals surface area contributed by atoms with Crippen LogP contribution in [0.15, 0.2) is 78.9 Å². The van der Waals surface area contributed by atoms with Crippen LogP contribution in [0.3, 0.4) is 0 Å². The molecule has 0 unspecified atom stereocenters. The van der Waals surface area contributed by atoms with Gasteiger partial charge in [0, 0.05) is 44.5 Å². The highest BCUT2D eigenvalue weighted by molar-refractivity contribution is 5.95. The maximum absolute atomic E-state index is 13.4. The van der Waals surface area contributed by atoms with Crippen molar-refractivity contribution in [3.63, 3.8) is 0 Å². The molecule has 1 heterocycles. The van der Waals surface area contributed by atoms with Crippen LogP contribution in [0, 0.1) is 0 Å². The zero-order valence-electron chi connectivity index (χ0n) is 19.2. The number of carbonyl (C=O) groups excluding carboxylic acids is 1. The average Bonchev–Trinajstić information content (AvgIpc) is 2.86. The lowest BCUT2D eigenvalue weighted by atomic mass is 10.0. The first kappa shape index (κ1) is 22.8. The van der Waals surface area contributed by atoms with Gasteiger partial charge in [-0.25, -0.2) is 0 Å². The Kier molecular flexibility index (Phi) is 7.60. The summed E-state index contributed by atoms with van der Waals surface area (Å²) in [4.78, 5) is 18.1. The second kappa shape index (κ2) is 11.0. The Bertz CT molecular complexity index is 1030. The molecule has 1 amide bonds. The summed E-state index contributed by atoms with van der Waals surface area (Å²) in [6, 6.07) is 25.4. The fourth-order valence-corrected chi connectivity index (χ4v) is 4.24. The van der Waals surface area contributed by atoms with E-state index in [1.807, 2.05) is 66.7 Å². The molecule has 0 spiro atoms. The first-order valence-electron chi connectivity index (χ1n) is 11.3. The number of carbonyl (C=O) groups is 1. The molecule has 3 aromatic carbocycles. The maximum atomic E-state index is 13.4. The predicted octanol–water partition coefficient (Wildman–Crippen LogP) is 4.20. The van der Waals surface area contributed by atoms with Gasteiger partial charge in [-0.1, -0.05) is 48.5 Å². The van der Waals surface area contributed by atoms with Crippen molar-refractivity contribution in [2.75, 3.05) is 45.7 Å². The molecule has 33 heavy (non-hydrogen) atoms. The minimum atomic E-state index is -0.347. The molecule has 6 heteroatoms. The van der Waals surface area contributed by atoms with E-state index in [2.05, 4.69) is 27.2 Å². The lowest BCUT2D eigenvalue weighted by molar-refractivity contribution is -0.122. The van der Waals surface area contributed by atoms with Crippen LogP contribution >= 0.6 is 0 Å². The van der Waals surface area contributed by atoms with Gasteiger partial charge in [-0.2, -0.15) is 0 Å². The Labute approximate surface area is 195 Å². The molecule has 1 aliphatic heterocycles. The third-order valence-corrected chi connectivity index (χ3v) is 6.04. The summed E-state index contributed by atoms with van der Waals surface area (Å²) in [6.07, 6.45) is 0. The summed E-state index contributed by atoms with van der Waals surface area (Å²) in [7, 11) is 3.31. The van der Waals surface area contributed by atoms with Crippen molar-refractivity contribution in [2.24, 2.45) is 0 Å². The standard InChI is InChI=1S/C27H31N3O3/c1-32-24-13-11-21(12-14-24)20-29-15-17-30(18-16-29)26(22-7-4-3-5-8-22)27(31)28-23-9-6-10-25(19-23)33-2/h3-14,19,26H,15-18,20H2,1-2H3,(H,28,31)/t26-/m0/s1. The van der Waals surface area contributed by atoms with Crippen LogP contribution in [0.5, 0.6) is 11.5 Å². The third kappa shape index (κ3) is 5.92. The van der Waals surface area contributed by atoms with Gasteiger partial charge in [0.1, 0.15) is 17.5 Å². The van der Waals surface area contributed by atoms with Gasteiger partial charge in [-0.15, -0.1) is 0 Å². The summed E-state index contributed by atoms with van der Waals surface area (Å²) in [5, 5.41) is 3.09. The second-order valence-corrected chi connectivity index (χ2v) is 8.19. The largest absolute Gasteiger partial charge is 0.497 e. The molecule has 0 bridgehead atoms. The zero-order chi connectivity index (χ0) is 23.0. The van der Waals surface area contributed by atoms with Crippen LogP contribution in [0.2, 0.25) is 0 Å². The number of nitrogens with zero attached hydrogens (tertiary/aromatic N) is 2. The number of rotatable bonds is 8. The molecule has 1 N–H and O–H groups in total. The molecule has 1 atom stereocenters. The summed E-state index contributed by atoms with van der Waals surface area (Å²) in [5.74, 6) is 1.56. The molecular weight excluding hydrogens is 414 g/mol. The van der Waals surface area contributed by atoms with Crippen molar-refractivity contribution < 1.29 is 14.3 Å². The number of benzene rings is 3. The van der Waals surface area contributed by atoms with E-state index < -0.39 is 0 Å². The van der Waals surface area contributed by atoms with Gasteiger partial charge < -0.3 is 14.8 Å². The normalized spacial score (nSPS) is 15.6. The number of piperazine rings is 1. The molecular formula is C27H31N3O3. The van der Waals surface area contributed by atoms with E-state index in [1.54, 1.807) is 14.2 Å². The van der Waals surface area contributed by atoms with E-state index in [4.69, 9.17) is 9.47 Å². The van der Waals surface area contributed by atoms with Crippen LogP contribution in [0.1, 0.15) is 17.2 Å². The monoisotopic (exact) mass is 445 g/mol. The van der Waals surface area contributed by atoms with Crippen molar-refractivity contribution in [3.8, 4) is 11.5 Å². The Morgan fingerprint density at radius 1 is 0.848 bits per heavy atom. The van der Waals surface area contributed by atoms with Gasteiger partial charge in [0.25, 0.3) is 0 Å². The molecule has 0 radical (unpaired) electrons. The van der Waals surface area contributed by atoms with E-state index in [0.29, 0.717) is 0 Å². The van der Waals surface area contributed by atoms with E-state index in [0.717, 1.165) is 55.5 Å². The van der Waals surface area contributed by atoms with Crippen molar-refractivity contribution in [3.05, 3.63) is 90.0 Å². The first-order valence-corrected chi connectivity index (χ1v) is 11.3.